The van der Waals surface area contributed by atoms with Crippen molar-refractivity contribution in [3.05, 3.63) is 12.2 Å². The van der Waals surface area contributed by atoms with Gasteiger partial charge in [0.2, 0.25) is 0 Å². The van der Waals surface area contributed by atoms with E-state index in [0.717, 1.165) is 25.2 Å². The van der Waals surface area contributed by atoms with Gasteiger partial charge in [-0.1, -0.05) is 38.2 Å². The Balaban J connectivity index is 1.59. The van der Waals surface area contributed by atoms with Crippen LogP contribution in [0.15, 0.2) is 12.2 Å². The van der Waals surface area contributed by atoms with Gasteiger partial charge in [0.25, 0.3) is 0 Å². The largest absolute Gasteiger partial charge is 0.390 e. The van der Waals surface area contributed by atoms with Gasteiger partial charge in [0.05, 0.1) is 18.3 Å². The predicted molar refractivity (Wildman–Crippen MR) is 101 cm³/mol. The summed E-state index contributed by atoms with van der Waals surface area (Å²) in [6, 6.07) is 0. The van der Waals surface area contributed by atoms with E-state index in [1.165, 1.54) is 32.1 Å². The molecule has 5 atom stereocenters. The highest BCUT2D eigenvalue weighted by atomic mass is 16.7. The number of hydrogen-bond acceptors (Lipinski definition) is 5. The molecule has 2 aliphatic rings. The Kier molecular flexibility index (Phi) is 9.26. The third-order valence-electron chi connectivity index (χ3n) is 5.62. The summed E-state index contributed by atoms with van der Waals surface area (Å²) >= 11 is 0. The molecule has 150 valence electrons. The van der Waals surface area contributed by atoms with E-state index in [0.29, 0.717) is 6.42 Å². The molecule has 0 radical (unpaired) electrons. The normalized spacial score (nSPS) is 32.0. The summed E-state index contributed by atoms with van der Waals surface area (Å²) in [5, 5.41) is 19.6. The standard InChI is InChI=1S/C21H36O5/c1-15(25-21-20(24)14-19(23)16(2)26-21)8-6-7-11-18(22)13-12-17-9-4-3-5-10-17/h7,11,15-17,19-21,23-24H,3-6,8-10,12-14H2,1-2H3/b11-7+/t15-,16+,19-,20-,21-/m1/s1. The van der Waals surface area contributed by atoms with Crippen molar-refractivity contribution in [1.29, 1.82) is 0 Å². The quantitative estimate of drug-likeness (QED) is 0.609. The zero-order valence-electron chi connectivity index (χ0n) is 16.3. The molecule has 0 aromatic heterocycles. The van der Waals surface area contributed by atoms with Crippen LogP contribution in [0.3, 0.4) is 0 Å². The summed E-state index contributed by atoms with van der Waals surface area (Å²) in [4.78, 5) is 12.0. The van der Waals surface area contributed by atoms with Gasteiger partial charge in [0.1, 0.15) is 6.10 Å². The number of rotatable bonds is 9. The van der Waals surface area contributed by atoms with E-state index in [9.17, 15) is 15.0 Å². The molecular formula is C21H36O5. The van der Waals surface area contributed by atoms with Gasteiger partial charge in [-0.05, 0) is 45.1 Å². The highest BCUT2D eigenvalue weighted by Gasteiger charge is 2.35. The fourth-order valence-corrected chi connectivity index (χ4v) is 3.81. The molecule has 5 nitrogen and oxygen atoms in total. The molecule has 5 heteroatoms. The molecule has 0 amide bonds. The van der Waals surface area contributed by atoms with E-state index in [1.807, 2.05) is 13.0 Å². The van der Waals surface area contributed by atoms with Crippen LogP contribution in [0, 0.1) is 5.92 Å². The first-order valence-electron chi connectivity index (χ1n) is 10.3. The molecular weight excluding hydrogens is 332 g/mol. The summed E-state index contributed by atoms with van der Waals surface area (Å²) in [5.41, 5.74) is 0. The lowest BCUT2D eigenvalue weighted by Crippen LogP contribution is -2.48. The summed E-state index contributed by atoms with van der Waals surface area (Å²) in [7, 11) is 0. The topological polar surface area (TPSA) is 76.0 Å². The maximum Gasteiger partial charge on any atom is 0.184 e. The van der Waals surface area contributed by atoms with Crippen molar-refractivity contribution in [1.82, 2.24) is 0 Å². The first-order chi connectivity index (χ1) is 12.5. The Morgan fingerprint density at radius 1 is 1.23 bits per heavy atom. The van der Waals surface area contributed by atoms with Crippen molar-refractivity contribution >= 4 is 5.78 Å². The highest BCUT2D eigenvalue weighted by molar-refractivity contribution is 5.89. The number of carbonyl (C=O) groups is 1. The molecule has 1 saturated carbocycles. The second-order valence-corrected chi connectivity index (χ2v) is 8.02. The van der Waals surface area contributed by atoms with Gasteiger partial charge in [0.15, 0.2) is 12.1 Å². The fraction of sp³-hybridized carbons (Fsp3) is 0.857. The zero-order chi connectivity index (χ0) is 18.9. The van der Waals surface area contributed by atoms with Crippen molar-refractivity contribution in [2.75, 3.05) is 0 Å². The Hall–Kier alpha value is -0.750. The monoisotopic (exact) mass is 368 g/mol. The van der Waals surface area contributed by atoms with Crippen LogP contribution in [0.2, 0.25) is 0 Å². The number of aliphatic hydroxyl groups is 2. The Bertz CT molecular complexity index is 444. The number of carbonyl (C=O) groups excluding carboxylic acids is 1. The van der Waals surface area contributed by atoms with Gasteiger partial charge in [-0.15, -0.1) is 0 Å². The minimum Gasteiger partial charge on any atom is -0.390 e. The average molecular weight is 369 g/mol. The number of allylic oxidation sites excluding steroid dienone is 2. The van der Waals surface area contributed by atoms with E-state index in [4.69, 9.17) is 9.47 Å². The van der Waals surface area contributed by atoms with E-state index in [1.54, 1.807) is 13.0 Å². The molecule has 0 aromatic carbocycles. The van der Waals surface area contributed by atoms with Crippen molar-refractivity contribution in [2.45, 2.75) is 109 Å². The second-order valence-electron chi connectivity index (χ2n) is 8.02. The maximum atomic E-state index is 12.0. The number of ether oxygens (including phenoxy) is 2. The minimum atomic E-state index is -0.805. The Morgan fingerprint density at radius 3 is 2.69 bits per heavy atom. The molecule has 0 aromatic rings. The molecule has 2 fully saturated rings. The van der Waals surface area contributed by atoms with Gasteiger partial charge in [-0.2, -0.15) is 0 Å². The lowest BCUT2D eigenvalue weighted by Gasteiger charge is -2.36. The minimum absolute atomic E-state index is 0.0842. The zero-order valence-corrected chi connectivity index (χ0v) is 16.3. The third-order valence-corrected chi connectivity index (χ3v) is 5.62. The molecule has 0 spiro atoms. The van der Waals surface area contributed by atoms with Crippen molar-refractivity contribution in [2.24, 2.45) is 5.92 Å². The van der Waals surface area contributed by atoms with Gasteiger partial charge in [0, 0.05) is 12.8 Å². The van der Waals surface area contributed by atoms with Crippen LogP contribution in [0.1, 0.15) is 78.1 Å². The summed E-state index contributed by atoms with van der Waals surface area (Å²) in [5.74, 6) is 0.968. The summed E-state index contributed by atoms with van der Waals surface area (Å²) in [6.07, 6.45) is 11.1. The van der Waals surface area contributed by atoms with Crippen LogP contribution in [-0.4, -0.2) is 46.7 Å². The molecule has 1 aliphatic heterocycles. The predicted octanol–water partition coefficient (Wildman–Crippen LogP) is 3.51. The van der Waals surface area contributed by atoms with Gasteiger partial charge in [-0.25, -0.2) is 0 Å². The fourth-order valence-electron chi connectivity index (χ4n) is 3.81. The number of aliphatic hydroxyl groups excluding tert-OH is 2. The molecule has 26 heavy (non-hydrogen) atoms. The van der Waals surface area contributed by atoms with Crippen molar-refractivity contribution in [3.63, 3.8) is 0 Å². The molecule has 1 saturated heterocycles. The Labute approximate surface area is 157 Å². The van der Waals surface area contributed by atoms with E-state index < -0.39 is 18.5 Å². The van der Waals surface area contributed by atoms with Gasteiger partial charge in [-0.3, -0.25) is 4.79 Å². The molecule has 1 aliphatic carbocycles. The van der Waals surface area contributed by atoms with Crippen molar-refractivity contribution < 1.29 is 24.5 Å². The first kappa shape index (κ1) is 21.5. The second kappa shape index (κ2) is 11.2. The van der Waals surface area contributed by atoms with E-state index in [-0.39, 0.29) is 24.4 Å². The SMILES string of the molecule is C[C@H](CC/C=C/C(=O)CCC1CCCCC1)O[C@@H]1O[C@@H](C)[C@H](O)C[C@H]1O. The number of hydrogen-bond donors (Lipinski definition) is 2. The van der Waals surface area contributed by atoms with Crippen LogP contribution in [0.4, 0.5) is 0 Å². The van der Waals surface area contributed by atoms with Gasteiger partial charge < -0.3 is 19.7 Å². The van der Waals surface area contributed by atoms with Gasteiger partial charge >= 0.3 is 0 Å². The lowest BCUT2D eigenvalue weighted by atomic mass is 9.85. The highest BCUT2D eigenvalue weighted by Crippen LogP contribution is 2.27. The van der Waals surface area contributed by atoms with Crippen LogP contribution < -0.4 is 0 Å². The van der Waals surface area contributed by atoms with Crippen LogP contribution in [0.25, 0.3) is 0 Å². The average Bonchev–Trinajstić information content (AvgIpc) is 2.62. The van der Waals surface area contributed by atoms with Crippen LogP contribution in [-0.2, 0) is 14.3 Å². The summed E-state index contributed by atoms with van der Waals surface area (Å²) < 4.78 is 11.3. The molecule has 0 unspecified atom stereocenters. The first-order valence-corrected chi connectivity index (χ1v) is 10.3. The van der Waals surface area contributed by atoms with Crippen molar-refractivity contribution in [3.8, 4) is 0 Å². The summed E-state index contributed by atoms with van der Waals surface area (Å²) in [6.45, 7) is 3.71. The number of ketones is 1. The third kappa shape index (κ3) is 7.47. The Morgan fingerprint density at radius 2 is 1.96 bits per heavy atom. The van der Waals surface area contributed by atoms with Crippen LogP contribution in [0.5, 0.6) is 0 Å². The van der Waals surface area contributed by atoms with E-state index in [2.05, 4.69) is 0 Å². The lowest BCUT2D eigenvalue weighted by molar-refractivity contribution is -0.273. The van der Waals surface area contributed by atoms with E-state index >= 15 is 0 Å². The van der Waals surface area contributed by atoms with Crippen LogP contribution >= 0.6 is 0 Å². The molecule has 2 N–H and O–H groups in total. The molecule has 0 bridgehead atoms. The maximum absolute atomic E-state index is 12.0. The molecule has 1 heterocycles. The molecule has 2 rings (SSSR count). The smallest absolute Gasteiger partial charge is 0.184 e.